The Morgan fingerprint density at radius 3 is 2.73 bits per heavy atom. The van der Waals surface area contributed by atoms with Gasteiger partial charge in [-0.15, -0.1) is 0 Å². The molecule has 0 atom stereocenters. The van der Waals surface area contributed by atoms with Gasteiger partial charge in [-0.25, -0.2) is 0 Å². The molecule has 0 unspecified atom stereocenters. The molecule has 0 fully saturated rings. The van der Waals surface area contributed by atoms with Crippen molar-refractivity contribution in [2.24, 2.45) is 0 Å². The Kier molecular flexibility index (Phi) is 2.28. The minimum absolute atomic E-state index is 0.00634. The van der Waals surface area contributed by atoms with Gasteiger partial charge in [0.2, 0.25) is 0 Å². The fourth-order valence-corrected chi connectivity index (χ4v) is 1.02. The largest absolute Gasteiger partial charge is 0.398 e. The van der Waals surface area contributed by atoms with Crippen molar-refractivity contribution in [2.75, 3.05) is 5.73 Å². The van der Waals surface area contributed by atoms with Gasteiger partial charge in [0.15, 0.2) is 0 Å². The molecule has 1 aromatic rings. The predicted molar refractivity (Wildman–Crippen MR) is 46.9 cm³/mol. The molecular formula is C9H11NO. The van der Waals surface area contributed by atoms with Gasteiger partial charge in [0.25, 0.3) is 0 Å². The van der Waals surface area contributed by atoms with Crippen molar-refractivity contribution in [3.8, 4) is 0 Å². The van der Waals surface area contributed by atoms with Crippen LogP contribution in [0.15, 0.2) is 24.8 Å². The summed E-state index contributed by atoms with van der Waals surface area (Å²) in [6.45, 7) is 3.62. The highest BCUT2D eigenvalue weighted by Gasteiger charge is 1.99. The molecule has 0 aliphatic rings. The topological polar surface area (TPSA) is 46.2 Å². The Hall–Kier alpha value is -1.28. The smallest absolute Gasteiger partial charge is 0.0688 e. The van der Waals surface area contributed by atoms with Crippen molar-refractivity contribution >= 4 is 11.8 Å². The lowest BCUT2D eigenvalue weighted by molar-refractivity contribution is 0.281. The van der Waals surface area contributed by atoms with Crippen LogP contribution in [0.1, 0.15) is 11.1 Å². The van der Waals surface area contributed by atoms with Crippen molar-refractivity contribution in [3.63, 3.8) is 0 Å². The summed E-state index contributed by atoms with van der Waals surface area (Å²) in [7, 11) is 0. The second-order valence-electron chi connectivity index (χ2n) is 2.28. The minimum atomic E-state index is 0.00634. The van der Waals surface area contributed by atoms with Gasteiger partial charge >= 0.3 is 0 Å². The molecule has 0 bridgehead atoms. The summed E-state index contributed by atoms with van der Waals surface area (Å²) in [5.41, 5.74) is 7.93. The van der Waals surface area contributed by atoms with Crippen LogP contribution >= 0.6 is 0 Å². The van der Waals surface area contributed by atoms with Crippen LogP contribution in [0.4, 0.5) is 5.69 Å². The third-order valence-corrected chi connectivity index (χ3v) is 1.60. The van der Waals surface area contributed by atoms with E-state index in [0.717, 1.165) is 11.1 Å². The molecule has 0 heterocycles. The number of nitrogens with two attached hydrogens (primary N) is 1. The van der Waals surface area contributed by atoms with E-state index in [4.69, 9.17) is 10.8 Å². The third kappa shape index (κ3) is 1.41. The molecule has 0 spiro atoms. The van der Waals surface area contributed by atoms with E-state index >= 15 is 0 Å². The van der Waals surface area contributed by atoms with E-state index in [0.29, 0.717) is 5.69 Å². The molecule has 0 saturated heterocycles. The molecule has 0 amide bonds. The van der Waals surface area contributed by atoms with Crippen LogP contribution < -0.4 is 5.73 Å². The number of aliphatic hydroxyl groups is 1. The quantitative estimate of drug-likeness (QED) is 0.624. The fourth-order valence-electron chi connectivity index (χ4n) is 1.02. The van der Waals surface area contributed by atoms with Gasteiger partial charge in [0.1, 0.15) is 0 Å². The lowest BCUT2D eigenvalue weighted by atomic mass is 10.1. The zero-order valence-electron chi connectivity index (χ0n) is 6.25. The maximum absolute atomic E-state index is 8.87. The van der Waals surface area contributed by atoms with Gasteiger partial charge in [-0.3, -0.25) is 0 Å². The number of aliphatic hydroxyl groups excluding tert-OH is 1. The summed E-state index contributed by atoms with van der Waals surface area (Å²) < 4.78 is 0. The number of hydrogen-bond donors (Lipinski definition) is 2. The van der Waals surface area contributed by atoms with Crippen LogP contribution in [-0.4, -0.2) is 5.11 Å². The highest BCUT2D eigenvalue weighted by Crippen LogP contribution is 2.17. The van der Waals surface area contributed by atoms with E-state index in [1.807, 2.05) is 12.1 Å². The number of hydrogen-bond acceptors (Lipinski definition) is 2. The Morgan fingerprint density at radius 1 is 1.55 bits per heavy atom. The Balaban J connectivity index is 3.24. The summed E-state index contributed by atoms with van der Waals surface area (Å²) in [5, 5.41) is 8.87. The van der Waals surface area contributed by atoms with Crippen LogP contribution in [0.5, 0.6) is 0 Å². The highest BCUT2D eigenvalue weighted by molar-refractivity contribution is 5.66. The number of rotatable bonds is 2. The molecule has 0 saturated carbocycles. The van der Waals surface area contributed by atoms with E-state index in [-0.39, 0.29) is 6.61 Å². The Morgan fingerprint density at radius 2 is 2.27 bits per heavy atom. The summed E-state index contributed by atoms with van der Waals surface area (Å²) in [5.74, 6) is 0. The average Bonchev–Trinajstić information content (AvgIpc) is 2.04. The highest BCUT2D eigenvalue weighted by atomic mass is 16.3. The van der Waals surface area contributed by atoms with Gasteiger partial charge in [-0.1, -0.05) is 24.8 Å². The molecule has 2 heteroatoms. The normalized spacial score (nSPS) is 9.55. The van der Waals surface area contributed by atoms with Crippen LogP contribution in [-0.2, 0) is 6.61 Å². The maximum atomic E-state index is 8.87. The zero-order valence-corrected chi connectivity index (χ0v) is 6.25. The summed E-state index contributed by atoms with van der Waals surface area (Å²) in [6, 6.07) is 5.43. The Bertz CT molecular complexity index is 268. The molecule has 3 N–H and O–H groups in total. The van der Waals surface area contributed by atoms with Gasteiger partial charge in [-0.05, 0) is 11.6 Å². The number of nitrogen functional groups attached to an aromatic ring is 1. The first-order chi connectivity index (χ1) is 5.29. The van der Waals surface area contributed by atoms with E-state index in [1.54, 1.807) is 12.1 Å². The molecule has 0 aromatic heterocycles. The SMILES string of the molecule is C=Cc1c(N)cccc1CO. The molecule has 2 nitrogen and oxygen atoms in total. The van der Waals surface area contributed by atoms with Crippen molar-refractivity contribution in [3.05, 3.63) is 35.9 Å². The maximum Gasteiger partial charge on any atom is 0.0688 e. The third-order valence-electron chi connectivity index (χ3n) is 1.60. The first-order valence-electron chi connectivity index (χ1n) is 3.40. The van der Waals surface area contributed by atoms with Crippen molar-refractivity contribution < 1.29 is 5.11 Å². The summed E-state index contributed by atoms with van der Waals surface area (Å²) in [4.78, 5) is 0. The van der Waals surface area contributed by atoms with E-state index in [1.165, 1.54) is 0 Å². The number of anilines is 1. The van der Waals surface area contributed by atoms with E-state index < -0.39 is 0 Å². The van der Waals surface area contributed by atoms with Gasteiger partial charge in [0.05, 0.1) is 6.61 Å². The molecular weight excluding hydrogens is 138 g/mol. The van der Waals surface area contributed by atoms with Crippen LogP contribution in [0.2, 0.25) is 0 Å². The summed E-state index contributed by atoms with van der Waals surface area (Å²) >= 11 is 0. The molecule has 0 aliphatic heterocycles. The molecule has 0 radical (unpaired) electrons. The summed E-state index contributed by atoms with van der Waals surface area (Å²) in [6.07, 6.45) is 1.65. The predicted octanol–water partition coefficient (Wildman–Crippen LogP) is 1.40. The zero-order chi connectivity index (χ0) is 8.27. The van der Waals surface area contributed by atoms with Crippen LogP contribution in [0, 0.1) is 0 Å². The minimum Gasteiger partial charge on any atom is -0.398 e. The molecule has 0 aliphatic carbocycles. The second-order valence-corrected chi connectivity index (χ2v) is 2.28. The monoisotopic (exact) mass is 149 g/mol. The first-order valence-corrected chi connectivity index (χ1v) is 3.40. The number of benzene rings is 1. The van der Waals surface area contributed by atoms with Gasteiger partial charge in [-0.2, -0.15) is 0 Å². The van der Waals surface area contributed by atoms with Crippen molar-refractivity contribution in [1.29, 1.82) is 0 Å². The van der Waals surface area contributed by atoms with Crippen LogP contribution in [0.25, 0.3) is 6.08 Å². The van der Waals surface area contributed by atoms with Crippen molar-refractivity contribution in [1.82, 2.24) is 0 Å². The molecule has 58 valence electrons. The van der Waals surface area contributed by atoms with Gasteiger partial charge < -0.3 is 10.8 Å². The Labute approximate surface area is 66.0 Å². The lowest BCUT2D eigenvalue weighted by Crippen LogP contribution is -1.94. The van der Waals surface area contributed by atoms with Gasteiger partial charge in [0, 0.05) is 11.3 Å². The fraction of sp³-hybridized carbons (Fsp3) is 0.111. The molecule has 1 rings (SSSR count). The molecule has 1 aromatic carbocycles. The van der Waals surface area contributed by atoms with Crippen LogP contribution in [0.3, 0.4) is 0 Å². The average molecular weight is 149 g/mol. The van der Waals surface area contributed by atoms with E-state index in [2.05, 4.69) is 6.58 Å². The van der Waals surface area contributed by atoms with E-state index in [9.17, 15) is 0 Å². The standard InChI is InChI=1S/C9H11NO/c1-2-8-7(6-11)4-3-5-9(8)10/h2-5,11H,1,6,10H2. The lowest BCUT2D eigenvalue weighted by Gasteiger charge is -2.04. The van der Waals surface area contributed by atoms with Crippen molar-refractivity contribution in [2.45, 2.75) is 6.61 Å². The first kappa shape index (κ1) is 7.82. The molecule has 11 heavy (non-hydrogen) atoms. The second kappa shape index (κ2) is 3.21.